The first-order valence-electron chi connectivity index (χ1n) is 6.07. The topological polar surface area (TPSA) is 103 Å². The summed E-state index contributed by atoms with van der Waals surface area (Å²) in [6.45, 7) is 2.57. The maximum absolute atomic E-state index is 11.2. The third-order valence-corrected chi connectivity index (χ3v) is 4.01. The molecule has 0 saturated heterocycles. The molecule has 0 spiro atoms. The van der Waals surface area contributed by atoms with Crippen LogP contribution in [0.15, 0.2) is 35.5 Å². The SMILES string of the molecule is CC(NCc1nncn1C)c1ccc(S(N)(=O)=O)cc1. The zero-order chi connectivity index (χ0) is 14.8. The Morgan fingerprint density at radius 1 is 1.35 bits per heavy atom. The predicted molar refractivity (Wildman–Crippen MR) is 74.1 cm³/mol. The lowest BCUT2D eigenvalue weighted by Gasteiger charge is -2.14. The molecule has 2 aromatic rings. The van der Waals surface area contributed by atoms with E-state index in [1.165, 1.54) is 12.1 Å². The van der Waals surface area contributed by atoms with Crippen LogP contribution in [0.1, 0.15) is 24.4 Å². The Morgan fingerprint density at radius 3 is 2.50 bits per heavy atom. The Kier molecular flexibility index (Phi) is 4.17. The molecule has 1 unspecified atom stereocenters. The van der Waals surface area contributed by atoms with Crippen molar-refractivity contribution in [1.29, 1.82) is 0 Å². The summed E-state index contributed by atoms with van der Waals surface area (Å²) in [6.07, 6.45) is 1.64. The maximum Gasteiger partial charge on any atom is 0.238 e. The second kappa shape index (κ2) is 5.70. The summed E-state index contributed by atoms with van der Waals surface area (Å²) >= 11 is 0. The molecule has 108 valence electrons. The largest absolute Gasteiger partial charge is 0.320 e. The molecule has 20 heavy (non-hydrogen) atoms. The van der Waals surface area contributed by atoms with E-state index in [4.69, 9.17) is 5.14 Å². The monoisotopic (exact) mass is 295 g/mol. The molecule has 0 saturated carbocycles. The van der Waals surface area contributed by atoms with Crippen molar-refractivity contribution in [3.63, 3.8) is 0 Å². The zero-order valence-corrected chi connectivity index (χ0v) is 12.1. The number of rotatable bonds is 5. The third-order valence-electron chi connectivity index (χ3n) is 3.08. The average molecular weight is 295 g/mol. The van der Waals surface area contributed by atoms with Crippen LogP contribution in [0, 0.1) is 0 Å². The number of sulfonamides is 1. The summed E-state index contributed by atoms with van der Waals surface area (Å²) < 4.78 is 24.2. The fourth-order valence-corrected chi connectivity index (χ4v) is 2.29. The highest BCUT2D eigenvalue weighted by Crippen LogP contribution is 2.15. The molecule has 1 aromatic heterocycles. The van der Waals surface area contributed by atoms with Gasteiger partial charge in [-0.2, -0.15) is 0 Å². The Morgan fingerprint density at radius 2 is 2.00 bits per heavy atom. The number of nitrogens with one attached hydrogen (secondary N) is 1. The van der Waals surface area contributed by atoms with Crippen LogP contribution in [-0.2, 0) is 23.6 Å². The normalized spacial score (nSPS) is 13.3. The molecule has 3 N–H and O–H groups in total. The Bertz CT molecular complexity index is 678. The zero-order valence-electron chi connectivity index (χ0n) is 11.3. The van der Waals surface area contributed by atoms with Gasteiger partial charge in [-0.1, -0.05) is 12.1 Å². The lowest BCUT2D eigenvalue weighted by Crippen LogP contribution is -2.20. The van der Waals surface area contributed by atoms with E-state index in [2.05, 4.69) is 15.5 Å². The molecule has 1 atom stereocenters. The van der Waals surface area contributed by atoms with E-state index < -0.39 is 10.0 Å². The van der Waals surface area contributed by atoms with Gasteiger partial charge < -0.3 is 9.88 Å². The van der Waals surface area contributed by atoms with Crippen molar-refractivity contribution in [2.24, 2.45) is 12.2 Å². The third kappa shape index (κ3) is 3.41. The van der Waals surface area contributed by atoms with Gasteiger partial charge in [-0.05, 0) is 24.6 Å². The van der Waals surface area contributed by atoms with Crippen molar-refractivity contribution in [2.45, 2.75) is 24.4 Å². The minimum absolute atomic E-state index is 0.0567. The van der Waals surface area contributed by atoms with Gasteiger partial charge in [-0.3, -0.25) is 0 Å². The molecule has 0 radical (unpaired) electrons. The van der Waals surface area contributed by atoms with Gasteiger partial charge >= 0.3 is 0 Å². The standard InChI is InChI=1S/C12H17N5O2S/c1-9(14-7-12-16-15-8-17(12)2)10-3-5-11(6-4-10)20(13,18)19/h3-6,8-9,14H,7H2,1-2H3,(H2,13,18,19). The Hall–Kier alpha value is -1.77. The summed E-state index contributed by atoms with van der Waals surface area (Å²) in [5.74, 6) is 0.831. The molecule has 0 amide bonds. The number of nitrogens with two attached hydrogens (primary N) is 1. The van der Waals surface area contributed by atoms with Crippen molar-refractivity contribution in [3.05, 3.63) is 42.0 Å². The molecule has 0 fully saturated rings. The van der Waals surface area contributed by atoms with Crippen LogP contribution in [0.2, 0.25) is 0 Å². The van der Waals surface area contributed by atoms with Gasteiger partial charge in [-0.15, -0.1) is 10.2 Å². The predicted octanol–water partition coefficient (Wildman–Crippen LogP) is 0.313. The molecule has 0 bridgehead atoms. The number of hydrogen-bond acceptors (Lipinski definition) is 5. The van der Waals surface area contributed by atoms with E-state index in [-0.39, 0.29) is 10.9 Å². The molecule has 0 aliphatic heterocycles. The first-order chi connectivity index (χ1) is 9.38. The Balaban J connectivity index is 2.03. The van der Waals surface area contributed by atoms with Crippen LogP contribution >= 0.6 is 0 Å². The summed E-state index contributed by atoms with van der Waals surface area (Å²) in [5.41, 5.74) is 0.972. The highest BCUT2D eigenvalue weighted by atomic mass is 32.2. The van der Waals surface area contributed by atoms with Crippen LogP contribution in [-0.4, -0.2) is 23.2 Å². The van der Waals surface area contributed by atoms with E-state index in [0.717, 1.165) is 11.4 Å². The minimum Gasteiger partial charge on any atom is -0.320 e. The smallest absolute Gasteiger partial charge is 0.238 e. The van der Waals surface area contributed by atoms with Gasteiger partial charge in [-0.25, -0.2) is 13.6 Å². The lowest BCUT2D eigenvalue weighted by atomic mass is 10.1. The summed E-state index contributed by atoms with van der Waals surface area (Å²) in [7, 11) is -1.76. The molecule has 2 rings (SSSR count). The highest BCUT2D eigenvalue weighted by molar-refractivity contribution is 7.89. The second-order valence-corrected chi connectivity index (χ2v) is 6.14. The molecular formula is C12H17N5O2S. The van der Waals surface area contributed by atoms with Crippen LogP contribution in [0.3, 0.4) is 0 Å². The highest BCUT2D eigenvalue weighted by Gasteiger charge is 2.10. The van der Waals surface area contributed by atoms with Crippen LogP contribution in [0.25, 0.3) is 0 Å². The van der Waals surface area contributed by atoms with Crippen molar-refractivity contribution in [3.8, 4) is 0 Å². The van der Waals surface area contributed by atoms with E-state index in [9.17, 15) is 8.42 Å². The van der Waals surface area contributed by atoms with E-state index in [1.54, 1.807) is 18.5 Å². The number of benzene rings is 1. The molecule has 0 aliphatic rings. The van der Waals surface area contributed by atoms with Gasteiger partial charge in [0.1, 0.15) is 12.2 Å². The first-order valence-corrected chi connectivity index (χ1v) is 7.61. The van der Waals surface area contributed by atoms with E-state index >= 15 is 0 Å². The van der Waals surface area contributed by atoms with E-state index in [1.807, 2.05) is 18.5 Å². The van der Waals surface area contributed by atoms with Crippen LogP contribution < -0.4 is 10.5 Å². The van der Waals surface area contributed by atoms with E-state index in [0.29, 0.717) is 6.54 Å². The van der Waals surface area contributed by atoms with Crippen molar-refractivity contribution < 1.29 is 8.42 Å². The van der Waals surface area contributed by atoms with Crippen molar-refractivity contribution >= 4 is 10.0 Å². The lowest BCUT2D eigenvalue weighted by molar-refractivity contribution is 0.548. The van der Waals surface area contributed by atoms with Gasteiger partial charge in [0.15, 0.2) is 0 Å². The number of hydrogen-bond donors (Lipinski definition) is 2. The van der Waals surface area contributed by atoms with Crippen molar-refractivity contribution in [2.75, 3.05) is 0 Å². The average Bonchev–Trinajstić information content (AvgIpc) is 2.81. The van der Waals surface area contributed by atoms with Gasteiger partial charge in [0.2, 0.25) is 10.0 Å². The quantitative estimate of drug-likeness (QED) is 0.826. The summed E-state index contributed by atoms with van der Waals surface area (Å²) in [5, 5.41) is 16.1. The molecule has 1 heterocycles. The Labute approximate surface area is 117 Å². The summed E-state index contributed by atoms with van der Waals surface area (Å²) in [6, 6.07) is 6.56. The first kappa shape index (κ1) is 14.6. The second-order valence-electron chi connectivity index (χ2n) is 4.57. The molecule has 1 aromatic carbocycles. The molecule has 8 heteroatoms. The molecule has 0 aliphatic carbocycles. The molecular weight excluding hydrogens is 278 g/mol. The number of primary sulfonamides is 1. The van der Waals surface area contributed by atoms with Crippen molar-refractivity contribution in [1.82, 2.24) is 20.1 Å². The number of nitrogens with zero attached hydrogens (tertiary/aromatic N) is 3. The maximum atomic E-state index is 11.2. The fraction of sp³-hybridized carbons (Fsp3) is 0.333. The number of aromatic nitrogens is 3. The fourth-order valence-electron chi connectivity index (χ4n) is 1.78. The van der Waals surface area contributed by atoms with Gasteiger partial charge in [0.05, 0.1) is 11.4 Å². The summed E-state index contributed by atoms with van der Waals surface area (Å²) in [4.78, 5) is 0.113. The van der Waals surface area contributed by atoms with Crippen LogP contribution in [0.4, 0.5) is 0 Å². The number of aryl methyl sites for hydroxylation is 1. The molecule has 7 nitrogen and oxygen atoms in total. The van der Waals surface area contributed by atoms with Crippen LogP contribution in [0.5, 0.6) is 0 Å². The van der Waals surface area contributed by atoms with Gasteiger partial charge in [0.25, 0.3) is 0 Å². The minimum atomic E-state index is -3.64. The van der Waals surface area contributed by atoms with Gasteiger partial charge in [0, 0.05) is 13.1 Å².